The van der Waals surface area contributed by atoms with Gasteiger partial charge >= 0.3 is 0 Å². The summed E-state index contributed by atoms with van der Waals surface area (Å²) in [7, 11) is 3.56. The lowest BCUT2D eigenvalue weighted by atomic mass is 10.2. The molecule has 0 radical (unpaired) electrons. The minimum absolute atomic E-state index is 0.0170. The fraction of sp³-hybridized carbons (Fsp3) is 0.333. The number of nitrogens with zero attached hydrogens (tertiary/aromatic N) is 2. The van der Waals surface area contributed by atoms with Crippen LogP contribution in [-0.2, 0) is 16.1 Å². The minimum atomic E-state index is -0.328. The molecule has 2 rings (SSSR count). The van der Waals surface area contributed by atoms with Gasteiger partial charge in [-0.05, 0) is 50.7 Å². The molecule has 1 N–H and O–H groups in total. The second-order valence-electron chi connectivity index (χ2n) is 6.83. The van der Waals surface area contributed by atoms with Crippen LogP contribution in [0.5, 0.6) is 0 Å². The van der Waals surface area contributed by atoms with Gasteiger partial charge in [0.2, 0.25) is 11.8 Å². The van der Waals surface area contributed by atoms with E-state index in [4.69, 9.17) is 0 Å². The Hall–Kier alpha value is -2.18. The van der Waals surface area contributed by atoms with E-state index in [1.807, 2.05) is 74.3 Å². The summed E-state index contributed by atoms with van der Waals surface area (Å²) in [6.07, 6.45) is 0. The Morgan fingerprint density at radius 1 is 1.04 bits per heavy atom. The topological polar surface area (TPSA) is 52.7 Å². The Morgan fingerprint density at radius 3 is 2.22 bits per heavy atom. The van der Waals surface area contributed by atoms with Crippen LogP contribution >= 0.6 is 15.9 Å². The van der Waals surface area contributed by atoms with E-state index in [9.17, 15) is 9.59 Å². The summed E-state index contributed by atoms with van der Waals surface area (Å²) >= 11 is 3.42. The number of amides is 2. The van der Waals surface area contributed by atoms with Crippen LogP contribution in [0.2, 0.25) is 0 Å². The van der Waals surface area contributed by atoms with E-state index in [-0.39, 0.29) is 24.4 Å². The first kappa shape index (κ1) is 21.1. The molecule has 0 fully saturated rings. The first-order valence-electron chi connectivity index (χ1n) is 8.82. The normalized spacial score (nSPS) is 11.9. The monoisotopic (exact) mass is 431 g/mol. The summed E-state index contributed by atoms with van der Waals surface area (Å²) in [5.41, 5.74) is 2.98. The molecule has 0 spiro atoms. The number of anilines is 1. The molecular formula is C21H26BrN3O2. The van der Waals surface area contributed by atoms with Crippen molar-refractivity contribution < 1.29 is 9.59 Å². The van der Waals surface area contributed by atoms with Gasteiger partial charge in [0.15, 0.2) is 0 Å². The summed E-state index contributed by atoms with van der Waals surface area (Å²) in [6.45, 7) is 4.52. The quantitative estimate of drug-likeness (QED) is 0.727. The molecule has 1 atom stereocenters. The molecule has 0 aliphatic heterocycles. The Morgan fingerprint density at radius 2 is 1.63 bits per heavy atom. The zero-order chi connectivity index (χ0) is 20.0. The molecular weight excluding hydrogens is 406 g/mol. The average molecular weight is 432 g/mol. The van der Waals surface area contributed by atoms with Crippen LogP contribution < -0.4 is 5.32 Å². The zero-order valence-electron chi connectivity index (χ0n) is 16.2. The van der Waals surface area contributed by atoms with Crippen molar-refractivity contribution in [3.63, 3.8) is 0 Å². The highest BCUT2D eigenvalue weighted by Crippen LogP contribution is 2.13. The number of nitrogens with one attached hydrogen (secondary N) is 1. The summed E-state index contributed by atoms with van der Waals surface area (Å²) in [6, 6.07) is 15.3. The third-order valence-electron chi connectivity index (χ3n) is 4.46. The van der Waals surface area contributed by atoms with Crippen LogP contribution in [-0.4, -0.2) is 48.3 Å². The molecule has 0 bridgehead atoms. The number of hydrogen-bond donors (Lipinski definition) is 1. The van der Waals surface area contributed by atoms with Crippen LogP contribution in [0.25, 0.3) is 0 Å². The van der Waals surface area contributed by atoms with E-state index < -0.39 is 0 Å². The number of carbonyl (C=O) groups excluding carboxylic acids is 2. The molecule has 0 saturated carbocycles. The molecule has 2 aromatic rings. The lowest BCUT2D eigenvalue weighted by Crippen LogP contribution is -2.46. The zero-order valence-corrected chi connectivity index (χ0v) is 17.8. The van der Waals surface area contributed by atoms with Crippen molar-refractivity contribution in [1.29, 1.82) is 0 Å². The number of benzene rings is 2. The molecule has 0 aromatic heterocycles. The lowest BCUT2D eigenvalue weighted by Gasteiger charge is -2.28. The van der Waals surface area contributed by atoms with Crippen molar-refractivity contribution in [2.24, 2.45) is 0 Å². The fourth-order valence-corrected chi connectivity index (χ4v) is 2.92. The second-order valence-corrected chi connectivity index (χ2v) is 7.74. The average Bonchev–Trinajstić information content (AvgIpc) is 2.64. The van der Waals surface area contributed by atoms with Gasteiger partial charge in [-0.3, -0.25) is 14.5 Å². The largest absolute Gasteiger partial charge is 0.335 e. The fourth-order valence-electron chi connectivity index (χ4n) is 2.65. The standard InChI is InChI=1S/C21H26BrN3O2/c1-15-5-11-19(12-6-15)23-20(26)14-25(4)21(27)16(2)24(3)13-17-7-9-18(22)10-8-17/h5-12,16H,13-14H2,1-4H3,(H,23,26)/t16-/m1/s1. The van der Waals surface area contributed by atoms with Gasteiger partial charge in [0.05, 0.1) is 12.6 Å². The van der Waals surface area contributed by atoms with Crippen molar-refractivity contribution in [2.45, 2.75) is 26.4 Å². The van der Waals surface area contributed by atoms with Crippen LogP contribution in [0.15, 0.2) is 53.0 Å². The predicted molar refractivity (Wildman–Crippen MR) is 113 cm³/mol. The first-order valence-corrected chi connectivity index (χ1v) is 9.61. The van der Waals surface area contributed by atoms with Gasteiger partial charge in [-0.1, -0.05) is 45.8 Å². The summed E-state index contributed by atoms with van der Waals surface area (Å²) in [4.78, 5) is 28.3. The number of halogens is 1. The smallest absolute Gasteiger partial charge is 0.243 e. The van der Waals surface area contributed by atoms with Gasteiger partial charge in [-0.2, -0.15) is 0 Å². The van der Waals surface area contributed by atoms with E-state index in [0.717, 1.165) is 21.3 Å². The molecule has 2 aromatic carbocycles. The van der Waals surface area contributed by atoms with E-state index in [2.05, 4.69) is 21.2 Å². The number of carbonyl (C=O) groups is 2. The highest BCUT2D eigenvalue weighted by atomic mass is 79.9. The maximum absolute atomic E-state index is 12.7. The highest BCUT2D eigenvalue weighted by Gasteiger charge is 2.23. The molecule has 0 saturated heterocycles. The third kappa shape index (κ3) is 6.48. The lowest BCUT2D eigenvalue weighted by molar-refractivity contribution is -0.137. The van der Waals surface area contributed by atoms with Crippen LogP contribution in [0, 0.1) is 6.92 Å². The Labute approximate surface area is 169 Å². The van der Waals surface area contributed by atoms with E-state index in [0.29, 0.717) is 6.54 Å². The molecule has 0 unspecified atom stereocenters. The number of hydrogen-bond acceptors (Lipinski definition) is 3. The van der Waals surface area contributed by atoms with E-state index in [1.54, 1.807) is 7.05 Å². The highest BCUT2D eigenvalue weighted by molar-refractivity contribution is 9.10. The molecule has 6 heteroatoms. The SMILES string of the molecule is Cc1ccc(NC(=O)CN(C)C(=O)[C@@H](C)N(C)Cc2ccc(Br)cc2)cc1. The van der Waals surface area contributed by atoms with Crippen molar-refractivity contribution in [2.75, 3.05) is 26.0 Å². The molecule has 0 aliphatic rings. The predicted octanol–water partition coefficient (Wildman–Crippen LogP) is 3.67. The van der Waals surface area contributed by atoms with Gasteiger partial charge in [0, 0.05) is 23.8 Å². The molecule has 5 nitrogen and oxygen atoms in total. The minimum Gasteiger partial charge on any atom is -0.335 e. The van der Waals surface area contributed by atoms with Crippen LogP contribution in [0.4, 0.5) is 5.69 Å². The van der Waals surface area contributed by atoms with Gasteiger partial charge in [0.25, 0.3) is 0 Å². The summed E-state index contributed by atoms with van der Waals surface area (Å²) in [5, 5.41) is 2.82. The van der Waals surface area contributed by atoms with Gasteiger partial charge in [0.1, 0.15) is 0 Å². The van der Waals surface area contributed by atoms with Crippen molar-refractivity contribution in [3.05, 3.63) is 64.1 Å². The van der Waals surface area contributed by atoms with Crippen molar-refractivity contribution >= 4 is 33.4 Å². The maximum atomic E-state index is 12.7. The molecule has 144 valence electrons. The Balaban J connectivity index is 1.87. The molecule has 2 amide bonds. The summed E-state index contributed by atoms with van der Waals surface area (Å²) in [5.74, 6) is -0.300. The van der Waals surface area contributed by atoms with E-state index in [1.165, 1.54) is 4.90 Å². The third-order valence-corrected chi connectivity index (χ3v) is 4.98. The Kier molecular flexibility index (Phi) is 7.56. The second kappa shape index (κ2) is 9.67. The van der Waals surface area contributed by atoms with Gasteiger partial charge in [-0.25, -0.2) is 0 Å². The molecule has 0 heterocycles. The maximum Gasteiger partial charge on any atom is 0.243 e. The summed E-state index contributed by atoms with van der Waals surface area (Å²) < 4.78 is 1.03. The molecule has 0 aliphatic carbocycles. The number of likely N-dealkylation sites (N-methyl/N-ethyl adjacent to an activating group) is 2. The van der Waals surface area contributed by atoms with E-state index >= 15 is 0 Å². The van der Waals surface area contributed by atoms with Gasteiger partial charge in [-0.15, -0.1) is 0 Å². The van der Waals surface area contributed by atoms with Crippen molar-refractivity contribution in [1.82, 2.24) is 9.80 Å². The van der Waals surface area contributed by atoms with Gasteiger partial charge < -0.3 is 10.2 Å². The Bertz CT molecular complexity index is 775. The number of rotatable bonds is 7. The van der Waals surface area contributed by atoms with Crippen LogP contribution in [0.1, 0.15) is 18.1 Å². The van der Waals surface area contributed by atoms with Crippen LogP contribution in [0.3, 0.4) is 0 Å². The first-order chi connectivity index (χ1) is 12.8. The van der Waals surface area contributed by atoms with Crippen molar-refractivity contribution in [3.8, 4) is 0 Å². The molecule has 27 heavy (non-hydrogen) atoms. The number of aryl methyl sites for hydroxylation is 1.